The molecule has 0 aliphatic heterocycles. The van der Waals surface area contributed by atoms with E-state index in [4.69, 9.17) is 9.84 Å². The van der Waals surface area contributed by atoms with Gasteiger partial charge in [-0.05, 0) is 12.1 Å². The van der Waals surface area contributed by atoms with E-state index in [0.29, 0.717) is 11.3 Å². The molecule has 0 aliphatic carbocycles. The maximum absolute atomic E-state index is 10.4. The lowest BCUT2D eigenvalue weighted by Gasteiger charge is -2.13. The zero-order valence-electron chi connectivity index (χ0n) is 8.11. The highest BCUT2D eigenvalue weighted by atomic mass is 79.9. The number of methoxy groups -OCH3 is 1. The van der Waals surface area contributed by atoms with Crippen LogP contribution in [0, 0.1) is 0 Å². The highest BCUT2D eigenvalue weighted by Crippen LogP contribution is 2.29. The number of halogens is 1. The summed E-state index contributed by atoms with van der Waals surface area (Å²) in [4.78, 5) is 10.4. The zero-order chi connectivity index (χ0) is 11.4. The van der Waals surface area contributed by atoms with Crippen LogP contribution in [0.5, 0.6) is 5.75 Å². The molecule has 15 heavy (non-hydrogen) atoms. The van der Waals surface area contributed by atoms with Gasteiger partial charge in [0.05, 0.1) is 19.6 Å². The Labute approximate surface area is 95.6 Å². The fourth-order valence-electron chi connectivity index (χ4n) is 1.24. The van der Waals surface area contributed by atoms with E-state index in [1.165, 1.54) is 7.11 Å². The van der Waals surface area contributed by atoms with E-state index in [2.05, 4.69) is 15.9 Å². The number of aliphatic hydroxyl groups excluding tert-OH is 1. The van der Waals surface area contributed by atoms with Gasteiger partial charge in [-0.15, -0.1) is 0 Å². The first-order valence-corrected chi connectivity index (χ1v) is 5.07. The Morgan fingerprint density at radius 3 is 2.80 bits per heavy atom. The van der Waals surface area contributed by atoms with Crippen molar-refractivity contribution in [2.45, 2.75) is 12.5 Å². The average Bonchev–Trinajstić information content (AvgIpc) is 2.16. The highest BCUT2D eigenvalue weighted by molar-refractivity contribution is 9.10. The lowest BCUT2D eigenvalue weighted by Crippen LogP contribution is -2.06. The van der Waals surface area contributed by atoms with Crippen LogP contribution in [-0.4, -0.2) is 23.3 Å². The van der Waals surface area contributed by atoms with Crippen LogP contribution in [0.2, 0.25) is 0 Å². The minimum atomic E-state index is -1.05. The molecule has 82 valence electrons. The molecule has 0 bridgehead atoms. The summed E-state index contributed by atoms with van der Waals surface area (Å²) in [6, 6.07) is 5.04. The maximum Gasteiger partial charge on any atom is 0.306 e. The van der Waals surface area contributed by atoms with Gasteiger partial charge in [0.2, 0.25) is 0 Å². The molecule has 0 unspecified atom stereocenters. The summed E-state index contributed by atoms with van der Waals surface area (Å²) in [7, 11) is 1.47. The quantitative estimate of drug-likeness (QED) is 0.881. The van der Waals surface area contributed by atoms with Crippen LogP contribution < -0.4 is 4.74 Å². The Balaban J connectivity index is 2.97. The van der Waals surface area contributed by atoms with E-state index in [0.717, 1.165) is 4.47 Å². The highest BCUT2D eigenvalue weighted by Gasteiger charge is 2.16. The standard InChI is InChI=1S/C10H11BrO4/c1-15-9-4-6(11)2-3-7(9)8(12)5-10(13)14/h2-4,8,12H,5H2,1H3,(H,13,14)/t8-/m0/s1. The van der Waals surface area contributed by atoms with Gasteiger partial charge in [-0.3, -0.25) is 4.79 Å². The second kappa shape index (κ2) is 5.14. The zero-order valence-corrected chi connectivity index (χ0v) is 9.69. The van der Waals surface area contributed by atoms with Crippen LogP contribution in [0.25, 0.3) is 0 Å². The molecule has 0 radical (unpaired) electrons. The topological polar surface area (TPSA) is 66.8 Å². The van der Waals surface area contributed by atoms with Crippen molar-refractivity contribution in [3.05, 3.63) is 28.2 Å². The lowest BCUT2D eigenvalue weighted by molar-refractivity contribution is -0.139. The van der Waals surface area contributed by atoms with Gasteiger partial charge in [0.25, 0.3) is 0 Å². The molecule has 0 heterocycles. The summed E-state index contributed by atoms with van der Waals surface area (Å²) < 4.78 is 5.86. The molecule has 1 aromatic rings. The Kier molecular flexibility index (Phi) is 4.11. The van der Waals surface area contributed by atoms with Crippen LogP contribution in [0.15, 0.2) is 22.7 Å². The molecule has 1 atom stereocenters. The molecular formula is C10H11BrO4. The van der Waals surface area contributed by atoms with Crippen molar-refractivity contribution in [1.29, 1.82) is 0 Å². The van der Waals surface area contributed by atoms with Crippen molar-refractivity contribution in [3.63, 3.8) is 0 Å². The summed E-state index contributed by atoms with van der Waals surface area (Å²) in [5, 5.41) is 18.2. The minimum absolute atomic E-state index is 0.335. The number of hydrogen-bond acceptors (Lipinski definition) is 3. The predicted octanol–water partition coefficient (Wildman–Crippen LogP) is 1.97. The van der Waals surface area contributed by atoms with Crippen LogP contribution in [0.1, 0.15) is 18.1 Å². The second-order valence-electron chi connectivity index (χ2n) is 3.00. The monoisotopic (exact) mass is 274 g/mol. The third-order valence-electron chi connectivity index (χ3n) is 1.92. The number of carbonyl (C=O) groups is 1. The van der Waals surface area contributed by atoms with Crippen LogP contribution in [0.3, 0.4) is 0 Å². The molecule has 5 heteroatoms. The third-order valence-corrected chi connectivity index (χ3v) is 2.42. The molecule has 1 aromatic carbocycles. The molecule has 1 rings (SSSR count). The summed E-state index contributed by atoms with van der Waals surface area (Å²) in [6.07, 6.45) is -1.39. The lowest BCUT2D eigenvalue weighted by atomic mass is 10.1. The number of benzene rings is 1. The Morgan fingerprint density at radius 2 is 2.27 bits per heavy atom. The number of hydrogen-bond donors (Lipinski definition) is 2. The van der Waals surface area contributed by atoms with Gasteiger partial charge >= 0.3 is 5.97 Å². The fraction of sp³-hybridized carbons (Fsp3) is 0.300. The van der Waals surface area contributed by atoms with Crippen molar-refractivity contribution in [3.8, 4) is 5.75 Å². The summed E-state index contributed by atoms with van der Waals surface area (Å²) >= 11 is 3.26. The Hall–Kier alpha value is -1.07. The van der Waals surface area contributed by atoms with Gasteiger partial charge in [0, 0.05) is 10.0 Å². The van der Waals surface area contributed by atoms with E-state index < -0.39 is 12.1 Å². The van der Waals surface area contributed by atoms with E-state index in [9.17, 15) is 9.90 Å². The smallest absolute Gasteiger partial charge is 0.306 e. The first-order valence-electron chi connectivity index (χ1n) is 4.28. The first kappa shape index (κ1) is 12.0. The molecule has 4 nitrogen and oxygen atoms in total. The van der Waals surface area contributed by atoms with Gasteiger partial charge in [0.15, 0.2) is 0 Å². The summed E-state index contributed by atoms with van der Waals surface area (Å²) in [5.74, 6) is -0.578. The molecule has 0 saturated heterocycles. The van der Waals surface area contributed by atoms with E-state index in [-0.39, 0.29) is 6.42 Å². The molecule has 2 N–H and O–H groups in total. The van der Waals surface area contributed by atoms with Crippen molar-refractivity contribution >= 4 is 21.9 Å². The molecule has 0 aliphatic rings. The molecule has 0 aromatic heterocycles. The predicted molar refractivity (Wildman–Crippen MR) is 57.9 cm³/mol. The average molecular weight is 275 g/mol. The molecule has 0 fully saturated rings. The minimum Gasteiger partial charge on any atom is -0.496 e. The number of carboxylic acids is 1. The van der Waals surface area contributed by atoms with Gasteiger partial charge in [-0.1, -0.05) is 22.0 Å². The van der Waals surface area contributed by atoms with Crippen LogP contribution >= 0.6 is 15.9 Å². The van der Waals surface area contributed by atoms with Crippen molar-refractivity contribution in [2.24, 2.45) is 0 Å². The normalized spacial score (nSPS) is 12.2. The largest absolute Gasteiger partial charge is 0.496 e. The van der Waals surface area contributed by atoms with Crippen molar-refractivity contribution < 1.29 is 19.7 Å². The third kappa shape index (κ3) is 3.21. The van der Waals surface area contributed by atoms with Crippen LogP contribution in [0.4, 0.5) is 0 Å². The number of carboxylic acid groups (broad SMARTS) is 1. The summed E-state index contributed by atoms with van der Waals surface area (Å²) in [6.45, 7) is 0. The second-order valence-corrected chi connectivity index (χ2v) is 3.92. The van der Waals surface area contributed by atoms with E-state index in [1.54, 1.807) is 18.2 Å². The molecule has 0 amide bonds. The van der Waals surface area contributed by atoms with Gasteiger partial charge < -0.3 is 14.9 Å². The number of aliphatic hydroxyl groups is 1. The Morgan fingerprint density at radius 1 is 1.60 bits per heavy atom. The maximum atomic E-state index is 10.4. The molecule has 0 saturated carbocycles. The van der Waals surface area contributed by atoms with Gasteiger partial charge in [-0.25, -0.2) is 0 Å². The van der Waals surface area contributed by atoms with Crippen molar-refractivity contribution in [1.82, 2.24) is 0 Å². The number of aliphatic carboxylic acids is 1. The number of ether oxygens (including phenoxy) is 1. The van der Waals surface area contributed by atoms with Crippen LogP contribution in [-0.2, 0) is 4.79 Å². The van der Waals surface area contributed by atoms with E-state index >= 15 is 0 Å². The molecular weight excluding hydrogens is 264 g/mol. The van der Waals surface area contributed by atoms with Gasteiger partial charge in [0.1, 0.15) is 5.75 Å². The fourth-order valence-corrected chi connectivity index (χ4v) is 1.58. The summed E-state index contributed by atoms with van der Waals surface area (Å²) in [5.41, 5.74) is 0.475. The number of rotatable bonds is 4. The van der Waals surface area contributed by atoms with Crippen molar-refractivity contribution in [2.75, 3.05) is 7.11 Å². The Bertz CT molecular complexity index is 364. The van der Waals surface area contributed by atoms with Gasteiger partial charge in [-0.2, -0.15) is 0 Å². The van der Waals surface area contributed by atoms with E-state index in [1.807, 2.05) is 0 Å². The SMILES string of the molecule is COc1cc(Br)ccc1[C@@H](O)CC(=O)O. The first-order chi connectivity index (χ1) is 7.04. The molecule has 0 spiro atoms.